The number of carbonyl (C=O) groups is 3. The second-order valence-electron chi connectivity index (χ2n) is 7.26. The van der Waals surface area contributed by atoms with E-state index in [1.165, 1.54) is 18.5 Å². The van der Waals surface area contributed by atoms with Gasteiger partial charge in [0.15, 0.2) is 24.2 Å². The van der Waals surface area contributed by atoms with Crippen molar-refractivity contribution in [2.75, 3.05) is 6.54 Å². The zero-order valence-electron chi connectivity index (χ0n) is 17.3. The van der Waals surface area contributed by atoms with Gasteiger partial charge in [0, 0.05) is 30.1 Å². The molecule has 33 heavy (non-hydrogen) atoms. The van der Waals surface area contributed by atoms with Gasteiger partial charge in [0.25, 0.3) is 11.8 Å². The first kappa shape index (κ1) is 21.7. The molecule has 0 fully saturated rings. The molecule has 0 saturated carbocycles. The van der Waals surface area contributed by atoms with Crippen LogP contribution in [0, 0.1) is 0 Å². The first-order valence-electron chi connectivity index (χ1n) is 10.0. The number of pyridine rings is 1. The molecule has 168 valence electrons. The van der Waals surface area contributed by atoms with Gasteiger partial charge < -0.3 is 16.2 Å². The number of rotatable bonds is 6. The molecule has 0 radical (unpaired) electrons. The summed E-state index contributed by atoms with van der Waals surface area (Å²) in [7, 11) is 0. The molecule has 4 rings (SSSR count). The lowest BCUT2D eigenvalue weighted by Crippen LogP contribution is -2.52. The maximum absolute atomic E-state index is 12.5. The Labute approximate surface area is 187 Å². The summed E-state index contributed by atoms with van der Waals surface area (Å²) in [4.78, 5) is 57.1. The summed E-state index contributed by atoms with van der Waals surface area (Å²) in [5.74, 6) is -2.08. The number of hydrogen-bond acceptors (Lipinski definition) is 9. The molecular formula is C21H20N8O4. The van der Waals surface area contributed by atoms with E-state index in [1.807, 2.05) is 0 Å². The monoisotopic (exact) mass is 448 g/mol. The second-order valence-corrected chi connectivity index (χ2v) is 7.26. The van der Waals surface area contributed by atoms with Crippen LogP contribution in [0.1, 0.15) is 18.2 Å². The Kier molecular flexibility index (Phi) is 6.15. The minimum Gasteiger partial charge on any atom is -0.479 e. The highest BCUT2D eigenvalue weighted by molar-refractivity contribution is 6.33. The van der Waals surface area contributed by atoms with Gasteiger partial charge in [-0.15, -0.1) is 0 Å². The fraction of sp³-hybridized carbons (Fsp3) is 0.238. The molecule has 3 atom stereocenters. The standard InChI is InChI=1S/C21H20N8O4/c22-21-28-17-16(19(31)29-21)26-13(10-25-17)9-24-12-6-4-11(5-7-12)18(30)27-15(20(32)33)14-3-1-2-8-23-14/h1-6,8,10,15-17H,7,9H2,(H,27,30)(H,32,33)(H3,22,28,29,31). The molecule has 5 N–H and O–H groups in total. The Morgan fingerprint density at radius 3 is 2.85 bits per heavy atom. The number of guanidine groups is 1. The SMILES string of the molecule is NC1=NC2N=CC(CN=C3C=CC(C(=O)NC(C(=O)O)c4ccccn4)=CC3)=NC2C(=O)N1. The van der Waals surface area contributed by atoms with Gasteiger partial charge in [-0.05, 0) is 24.3 Å². The van der Waals surface area contributed by atoms with Crippen molar-refractivity contribution < 1.29 is 19.5 Å². The normalized spacial score (nSPS) is 23.6. The van der Waals surface area contributed by atoms with E-state index in [-0.39, 0.29) is 24.1 Å². The van der Waals surface area contributed by atoms with E-state index in [0.717, 1.165) is 0 Å². The molecule has 3 heterocycles. The van der Waals surface area contributed by atoms with Crippen molar-refractivity contribution in [1.82, 2.24) is 15.6 Å². The van der Waals surface area contributed by atoms with Crippen LogP contribution in [0.5, 0.6) is 0 Å². The van der Waals surface area contributed by atoms with Crippen LogP contribution in [-0.4, -0.2) is 70.2 Å². The van der Waals surface area contributed by atoms with Gasteiger partial charge in [-0.25, -0.2) is 9.79 Å². The predicted molar refractivity (Wildman–Crippen MR) is 120 cm³/mol. The van der Waals surface area contributed by atoms with E-state index in [2.05, 4.69) is 35.6 Å². The lowest BCUT2D eigenvalue weighted by molar-refractivity contribution is -0.141. The summed E-state index contributed by atoms with van der Waals surface area (Å²) < 4.78 is 0. The van der Waals surface area contributed by atoms with E-state index in [4.69, 9.17) is 5.73 Å². The molecule has 2 aliphatic heterocycles. The zero-order chi connectivity index (χ0) is 23.4. The lowest BCUT2D eigenvalue weighted by Gasteiger charge is -2.25. The van der Waals surface area contributed by atoms with E-state index in [0.29, 0.717) is 23.4 Å². The molecule has 0 spiro atoms. The number of carboxylic acid groups (broad SMARTS) is 1. The van der Waals surface area contributed by atoms with Gasteiger partial charge in [-0.2, -0.15) is 0 Å². The van der Waals surface area contributed by atoms with Crippen molar-refractivity contribution in [1.29, 1.82) is 0 Å². The predicted octanol–water partition coefficient (Wildman–Crippen LogP) is -0.685. The number of nitrogens with zero attached hydrogens (tertiary/aromatic N) is 5. The molecular weight excluding hydrogens is 428 g/mol. The maximum Gasteiger partial charge on any atom is 0.332 e. The summed E-state index contributed by atoms with van der Waals surface area (Å²) in [6.45, 7) is 0.203. The Hall–Kier alpha value is -4.48. The van der Waals surface area contributed by atoms with Crippen molar-refractivity contribution in [2.45, 2.75) is 24.7 Å². The number of fused-ring (bicyclic) bond motifs is 1. The third-order valence-corrected chi connectivity index (χ3v) is 4.95. The first-order chi connectivity index (χ1) is 15.9. The lowest BCUT2D eigenvalue weighted by atomic mass is 10.0. The van der Waals surface area contributed by atoms with Crippen LogP contribution >= 0.6 is 0 Å². The first-order valence-corrected chi connectivity index (χ1v) is 10.0. The number of nitrogens with one attached hydrogen (secondary N) is 2. The fourth-order valence-electron chi connectivity index (χ4n) is 3.31. The molecule has 3 unspecified atom stereocenters. The number of carbonyl (C=O) groups excluding carboxylic acids is 2. The minimum atomic E-state index is -1.26. The summed E-state index contributed by atoms with van der Waals surface area (Å²) >= 11 is 0. The quantitative estimate of drug-likeness (QED) is 0.446. The number of aliphatic carboxylic acids is 1. The molecule has 0 bridgehead atoms. The molecule has 2 amide bonds. The van der Waals surface area contributed by atoms with Gasteiger partial charge in [0.05, 0.1) is 18.0 Å². The Bertz CT molecular complexity index is 1170. The molecule has 3 aliphatic rings. The van der Waals surface area contributed by atoms with E-state index < -0.39 is 30.1 Å². The summed E-state index contributed by atoms with van der Waals surface area (Å²) in [6, 6.07) is 2.82. The molecule has 1 aliphatic carbocycles. The third kappa shape index (κ3) is 5.06. The number of amides is 2. The minimum absolute atomic E-state index is 0.0194. The molecule has 0 aromatic carbocycles. The number of aromatic nitrogens is 1. The largest absolute Gasteiger partial charge is 0.479 e. The average molecular weight is 448 g/mol. The molecule has 12 nitrogen and oxygen atoms in total. The van der Waals surface area contributed by atoms with Gasteiger partial charge in [-0.1, -0.05) is 12.1 Å². The van der Waals surface area contributed by atoms with Crippen molar-refractivity contribution in [2.24, 2.45) is 25.7 Å². The highest BCUT2D eigenvalue weighted by Gasteiger charge is 2.34. The van der Waals surface area contributed by atoms with Crippen molar-refractivity contribution in [3.63, 3.8) is 0 Å². The number of carboxylic acids is 1. The van der Waals surface area contributed by atoms with E-state index in [1.54, 1.807) is 30.4 Å². The highest BCUT2D eigenvalue weighted by Crippen LogP contribution is 2.15. The molecule has 12 heteroatoms. The summed E-state index contributed by atoms with van der Waals surface area (Å²) in [6.07, 6.45) is 7.59. The van der Waals surface area contributed by atoms with Crippen LogP contribution in [0.4, 0.5) is 0 Å². The Morgan fingerprint density at radius 2 is 2.15 bits per heavy atom. The molecule has 1 aromatic rings. The van der Waals surface area contributed by atoms with Crippen LogP contribution < -0.4 is 16.4 Å². The number of allylic oxidation sites excluding steroid dienone is 2. The maximum atomic E-state index is 12.5. The van der Waals surface area contributed by atoms with Crippen molar-refractivity contribution >= 4 is 41.4 Å². The molecule has 1 aromatic heterocycles. The van der Waals surface area contributed by atoms with E-state index >= 15 is 0 Å². The summed E-state index contributed by atoms with van der Waals surface area (Å²) in [5, 5.41) is 14.3. The summed E-state index contributed by atoms with van der Waals surface area (Å²) in [5.41, 5.74) is 7.30. The smallest absolute Gasteiger partial charge is 0.332 e. The second kappa shape index (κ2) is 9.34. The van der Waals surface area contributed by atoms with Gasteiger partial charge in [-0.3, -0.25) is 34.9 Å². The highest BCUT2D eigenvalue weighted by atomic mass is 16.4. The van der Waals surface area contributed by atoms with Crippen LogP contribution in [0.2, 0.25) is 0 Å². The van der Waals surface area contributed by atoms with Crippen molar-refractivity contribution in [3.8, 4) is 0 Å². The Balaban J connectivity index is 1.36. The topological polar surface area (TPSA) is 184 Å². The Morgan fingerprint density at radius 1 is 1.30 bits per heavy atom. The van der Waals surface area contributed by atoms with Crippen LogP contribution in [0.25, 0.3) is 0 Å². The number of nitrogens with two attached hydrogens (primary N) is 1. The van der Waals surface area contributed by atoms with Gasteiger partial charge in [0.2, 0.25) is 0 Å². The number of aliphatic imine (C=N–C) groups is 4. The van der Waals surface area contributed by atoms with Gasteiger partial charge in [0.1, 0.15) is 0 Å². The average Bonchev–Trinajstić information content (AvgIpc) is 2.82. The number of hydrogen-bond donors (Lipinski definition) is 4. The van der Waals surface area contributed by atoms with Crippen LogP contribution in [-0.2, 0) is 14.4 Å². The zero-order valence-corrected chi connectivity index (χ0v) is 17.3. The van der Waals surface area contributed by atoms with E-state index in [9.17, 15) is 19.5 Å². The van der Waals surface area contributed by atoms with Crippen LogP contribution in [0.15, 0.2) is 68.2 Å². The fourth-order valence-corrected chi connectivity index (χ4v) is 3.31. The van der Waals surface area contributed by atoms with Crippen LogP contribution in [0.3, 0.4) is 0 Å². The van der Waals surface area contributed by atoms with Crippen molar-refractivity contribution in [3.05, 3.63) is 53.9 Å². The van der Waals surface area contributed by atoms with Gasteiger partial charge >= 0.3 is 5.97 Å². The molecule has 0 saturated heterocycles. The third-order valence-electron chi connectivity index (χ3n) is 4.95.